The van der Waals surface area contributed by atoms with Crippen LogP contribution in [-0.4, -0.2) is 67.0 Å². The molecule has 1 aromatic carbocycles. The van der Waals surface area contributed by atoms with Crippen molar-refractivity contribution in [2.45, 2.75) is 18.2 Å². The summed E-state index contributed by atoms with van der Waals surface area (Å²) in [5.41, 5.74) is 0. The van der Waals surface area contributed by atoms with E-state index in [1.54, 1.807) is 11.0 Å². The molecule has 4 rings (SSSR count). The molecule has 0 aliphatic carbocycles. The normalized spacial score (nSPS) is 24.5. The molecule has 7 nitrogen and oxygen atoms in total. The lowest BCUT2D eigenvalue weighted by atomic mass is 10.1. The van der Waals surface area contributed by atoms with Crippen molar-refractivity contribution in [1.29, 1.82) is 0 Å². The van der Waals surface area contributed by atoms with Crippen molar-refractivity contribution < 1.29 is 24.1 Å². The fraction of sp³-hybridized carbons (Fsp3) is 0.533. The fourth-order valence-corrected chi connectivity index (χ4v) is 2.82. The summed E-state index contributed by atoms with van der Waals surface area (Å²) in [6.07, 6.45) is -0.651. The molecule has 2 saturated heterocycles. The quantitative estimate of drug-likeness (QED) is 0.800. The summed E-state index contributed by atoms with van der Waals surface area (Å²) in [4.78, 5) is 14.2. The Hall–Kier alpha value is -1.99. The Morgan fingerprint density at radius 1 is 1.18 bits per heavy atom. The standard InChI is InChI=1S/C15H18N2O5/c18-11-1-2-12-13(3-11)22-14(8-21-12)15(19)17-4-9(5-17)16-10-6-20-7-10/h1-3,9-10,14,16,18H,4-8H2. The molecule has 22 heavy (non-hydrogen) atoms. The summed E-state index contributed by atoms with van der Waals surface area (Å²) in [7, 11) is 0. The third-order valence-electron chi connectivity index (χ3n) is 4.16. The lowest BCUT2D eigenvalue weighted by Crippen LogP contribution is -2.66. The van der Waals surface area contributed by atoms with Crippen molar-refractivity contribution >= 4 is 5.91 Å². The number of phenols is 1. The van der Waals surface area contributed by atoms with Gasteiger partial charge in [0.1, 0.15) is 12.4 Å². The number of fused-ring (bicyclic) bond motifs is 1. The van der Waals surface area contributed by atoms with Crippen molar-refractivity contribution in [1.82, 2.24) is 10.2 Å². The van der Waals surface area contributed by atoms with E-state index in [0.717, 1.165) is 13.2 Å². The number of hydrogen-bond acceptors (Lipinski definition) is 6. The van der Waals surface area contributed by atoms with Gasteiger partial charge >= 0.3 is 0 Å². The Labute approximate surface area is 127 Å². The number of ether oxygens (including phenoxy) is 3. The van der Waals surface area contributed by atoms with E-state index in [1.165, 1.54) is 12.1 Å². The first kappa shape index (κ1) is 13.7. The maximum absolute atomic E-state index is 12.4. The van der Waals surface area contributed by atoms with Gasteiger partial charge in [0.2, 0.25) is 6.10 Å². The van der Waals surface area contributed by atoms with E-state index in [1.807, 2.05) is 0 Å². The molecule has 3 aliphatic heterocycles. The molecule has 0 spiro atoms. The van der Waals surface area contributed by atoms with Gasteiger partial charge in [-0.15, -0.1) is 0 Å². The van der Waals surface area contributed by atoms with E-state index in [2.05, 4.69) is 5.32 Å². The van der Waals surface area contributed by atoms with E-state index < -0.39 is 6.10 Å². The van der Waals surface area contributed by atoms with Crippen LogP contribution in [0, 0.1) is 0 Å². The molecule has 0 radical (unpaired) electrons. The van der Waals surface area contributed by atoms with Crippen molar-refractivity contribution in [3.05, 3.63) is 18.2 Å². The summed E-state index contributed by atoms with van der Waals surface area (Å²) in [5, 5.41) is 12.9. The molecule has 1 amide bonds. The summed E-state index contributed by atoms with van der Waals surface area (Å²) in [5.74, 6) is 0.977. The van der Waals surface area contributed by atoms with Crippen LogP contribution >= 0.6 is 0 Å². The Bertz CT molecular complexity index is 583. The lowest BCUT2D eigenvalue weighted by Gasteiger charge is -2.44. The van der Waals surface area contributed by atoms with E-state index in [9.17, 15) is 9.90 Å². The monoisotopic (exact) mass is 306 g/mol. The second-order valence-electron chi connectivity index (χ2n) is 5.89. The van der Waals surface area contributed by atoms with Gasteiger partial charge in [0, 0.05) is 25.2 Å². The third-order valence-corrected chi connectivity index (χ3v) is 4.16. The number of benzene rings is 1. The van der Waals surface area contributed by atoms with Crippen LogP contribution in [0.4, 0.5) is 0 Å². The highest BCUT2D eigenvalue weighted by atomic mass is 16.6. The van der Waals surface area contributed by atoms with Crippen LogP contribution in [0.25, 0.3) is 0 Å². The molecule has 0 saturated carbocycles. The van der Waals surface area contributed by atoms with E-state index in [0.29, 0.717) is 36.7 Å². The maximum atomic E-state index is 12.4. The predicted octanol–water partition coefficient (Wildman–Crippen LogP) is -0.269. The van der Waals surface area contributed by atoms with Crippen LogP contribution in [0.1, 0.15) is 0 Å². The number of nitrogens with one attached hydrogen (secondary N) is 1. The SMILES string of the molecule is O=C(C1COc2ccc(O)cc2O1)N1CC(NC2COC2)C1. The smallest absolute Gasteiger partial charge is 0.267 e. The summed E-state index contributed by atoms with van der Waals surface area (Å²) >= 11 is 0. The average Bonchev–Trinajstić information content (AvgIpc) is 2.42. The van der Waals surface area contributed by atoms with Gasteiger partial charge in [-0.3, -0.25) is 4.79 Å². The minimum Gasteiger partial charge on any atom is -0.508 e. The Morgan fingerprint density at radius 3 is 2.73 bits per heavy atom. The molecular weight excluding hydrogens is 288 g/mol. The van der Waals surface area contributed by atoms with Crippen LogP contribution in [0.2, 0.25) is 0 Å². The zero-order valence-electron chi connectivity index (χ0n) is 12.0. The number of likely N-dealkylation sites (tertiary alicyclic amines) is 1. The van der Waals surface area contributed by atoms with Crippen LogP contribution in [0.3, 0.4) is 0 Å². The van der Waals surface area contributed by atoms with Crippen molar-refractivity contribution in [2.75, 3.05) is 32.9 Å². The van der Waals surface area contributed by atoms with Gasteiger partial charge in [-0.05, 0) is 12.1 Å². The lowest BCUT2D eigenvalue weighted by molar-refractivity contribution is -0.147. The fourth-order valence-electron chi connectivity index (χ4n) is 2.82. The number of carbonyl (C=O) groups is 1. The summed E-state index contributed by atoms with van der Waals surface area (Å²) in [6, 6.07) is 5.38. The number of nitrogens with zero attached hydrogens (tertiary/aromatic N) is 1. The molecule has 118 valence electrons. The average molecular weight is 306 g/mol. The van der Waals surface area contributed by atoms with Crippen molar-refractivity contribution in [3.8, 4) is 17.2 Å². The first-order valence-electron chi connectivity index (χ1n) is 7.44. The highest BCUT2D eigenvalue weighted by molar-refractivity contribution is 5.82. The molecule has 3 aliphatic rings. The van der Waals surface area contributed by atoms with Gasteiger partial charge in [0.15, 0.2) is 11.5 Å². The Balaban J connectivity index is 1.32. The highest BCUT2D eigenvalue weighted by Crippen LogP contribution is 2.35. The third kappa shape index (κ3) is 2.46. The maximum Gasteiger partial charge on any atom is 0.267 e. The van der Waals surface area contributed by atoms with Crippen molar-refractivity contribution in [3.63, 3.8) is 0 Å². The van der Waals surface area contributed by atoms with E-state index >= 15 is 0 Å². The van der Waals surface area contributed by atoms with Gasteiger partial charge in [-0.1, -0.05) is 0 Å². The van der Waals surface area contributed by atoms with E-state index in [4.69, 9.17) is 14.2 Å². The Morgan fingerprint density at radius 2 is 2.00 bits per heavy atom. The van der Waals surface area contributed by atoms with E-state index in [-0.39, 0.29) is 18.3 Å². The second-order valence-corrected chi connectivity index (χ2v) is 5.89. The van der Waals surface area contributed by atoms with Crippen LogP contribution in [0.5, 0.6) is 17.2 Å². The minimum absolute atomic E-state index is 0.0723. The molecule has 1 atom stereocenters. The number of amides is 1. The summed E-state index contributed by atoms with van der Waals surface area (Å²) < 4.78 is 16.3. The van der Waals surface area contributed by atoms with Gasteiger partial charge in [0.25, 0.3) is 5.91 Å². The van der Waals surface area contributed by atoms with Crippen molar-refractivity contribution in [2.24, 2.45) is 0 Å². The molecule has 0 aromatic heterocycles. The van der Waals surface area contributed by atoms with Crippen LogP contribution in [0.15, 0.2) is 18.2 Å². The molecule has 2 fully saturated rings. The topological polar surface area (TPSA) is 80.3 Å². The first-order valence-corrected chi connectivity index (χ1v) is 7.44. The van der Waals surface area contributed by atoms with Gasteiger partial charge < -0.3 is 29.5 Å². The molecular formula is C15H18N2O5. The highest BCUT2D eigenvalue weighted by Gasteiger charge is 2.39. The number of aromatic hydroxyl groups is 1. The number of hydrogen-bond donors (Lipinski definition) is 2. The number of rotatable bonds is 3. The number of carbonyl (C=O) groups excluding carboxylic acids is 1. The first-order chi connectivity index (χ1) is 10.7. The summed E-state index contributed by atoms with van der Waals surface area (Å²) in [6.45, 7) is 3.07. The molecule has 0 bridgehead atoms. The molecule has 3 heterocycles. The molecule has 7 heteroatoms. The molecule has 1 aromatic rings. The Kier molecular flexibility index (Phi) is 3.31. The predicted molar refractivity (Wildman–Crippen MR) is 76.1 cm³/mol. The minimum atomic E-state index is -0.651. The number of phenolic OH excluding ortho intramolecular Hbond substituents is 1. The second kappa shape index (κ2) is 5.33. The zero-order chi connectivity index (χ0) is 15.1. The van der Waals surface area contributed by atoms with Gasteiger partial charge in [-0.25, -0.2) is 0 Å². The van der Waals surface area contributed by atoms with Gasteiger partial charge in [0.05, 0.1) is 19.3 Å². The molecule has 1 unspecified atom stereocenters. The van der Waals surface area contributed by atoms with Gasteiger partial charge in [-0.2, -0.15) is 0 Å². The zero-order valence-corrected chi connectivity index (χ0v) is 12.0. The largest absolute Gasteiger partial charge is 0.508 e. The van der Waals surface area contributed by atoms with Crippen LogP contribution < -0.4 is 14.8 Å². The van der Waals surface area contributed by atoms with Crippen LogP contribution in [-0.2, 0) is 9.53 Å². The molecule has 2 N–H and O–H groups in total.